The van der Waals surface area contributed by atoms with E-state index in [1.165, 1.54) is 29.8 Å². The van der Waals surface area contributed by atoms with Crippen molar-refractivity contribution >= 4 is 16.8 Å². The molecule has 2 aromatic heterocycles. The number of halogens is 1. The van der Waals surface area contributed by atoms with Crippen molar-refractivity contribution in [3.63, 3.8) is 0 Å². The minimum atomic E-state index is -0.435. The molecule has 1 fully saturated rings. The Hall–Kier alpha value is -3.02. The van der Waals surface area contributed by atoms with Gasteiger partial charge in [-0.25, -0.2) is 4.39 Å². The summed E-state index contributed by atoms with van der Waals surface area (Å²) in [5.74, 6) is -0.259. The van der Waals surface area contributed by atoms with Gasteiger partial charge in [0.25, 0.3) is 5.91 Å². The van der Waals surface area contributed by atoms with E-state index in [1.54, 1.807) is 17.3 Å². The number of benzene rings is 1. The molecule has 1 aliphatic rings. The molecule has 0 radical (unpaired) electrons. The van der Waals surface area contributed by atoms with E-state index in [2.05, 4.69) is 9.97 Å². The normalized spacial score (nSPS) is 15.3. The monoisotopic (exact) mass is 351 g/mol. The van der Waals surface area contributed by atoms with Gasteiger partial charge in [0, 0.05) is 42.5 Å². The molecule has 1 saturated heterocycles. The lowest BCUT2D eigenvalue weighted by Gasteiger charge is -2.32. The number of carbonyl (C=O) groups excluding carboxylic acids is 1. The zero-order chi connectivity index (χ0) is 18.1. The number of hydrogen-bond acceptors (Lipinski definition) is 3. The number of fused-ring (bicyclic) bond motifs is 1. The largest absolute Gasteiger partial charge is 0.339 e. The second-order valence-corrected chi connectivity index (χ2v) is 6.58. The van der Waals surface area contributed by atoms with Gasteiger partial charge in [0.1, 0.15) is 5.82 Å². The van der Waals surface area contributed by atoms with Gasteiger partial charge >= 0.3 is 0 Å². The molecule has 0 bridgehead atoms. The van der Waals surface area contributed by atoms with Gasteiger partial charge in [-0.2, -0.15) is 0 Å². The smallest absolute Gasteiger partial charge is 0.254 e. The molecule has 1 aliphatic heterocycles. The Labute approximate surface area is 149 Å². The summed E-state index contributed by atoms with van der Waals surface area (Å²) in [7, 11) is 0. The predicted molar refractivity (Wildman–Crippen MR) is 96.6 cm³/mol. The third-order valence-corrected chi connectivity index (χ3v) is 5.00. The Bertz CT molecular complexity index is 1010. The lowest BCUT2D eigenvalue weighted by molar-refractivity contribution is 0.0715. The van der Waals surface area contributed by atoms with Crippen LogP contribution in [0.25, 0.3) is 10.9 Å². The molecule has 0 saturated carbocycles. The number of rotatable bonds is 2. The quantitative estimate of drug-likeness (QED) is 0.772. The van der Waals surface area contributed by atoms with Crippen molar-refractivity contribution in [1.29, 1.82) is 0 Å². The fourth-order valence-electron chi connectivity index (χ4n) is 3.62. The average Bonchev–Trinajstić information content (AvgIpc) is 2.68. The van der Waals surface area contributed by atoms with Crippen LogP contribution < -0.4 is 5.56 Å². The summed E-state index contributed by atoms with van der Waals surface area (Å²) in [6, 6.07) is 9.33. The molecule has 132 valence electrons. The van der Waals surface area contributed by atoms with Crippen LogP contribution in [0.3, 0.4) is 0 Å². The molecule has 1 N–H and O–H groups in total. The van der Waals surface area contributed by atoms with Gasteiger partial charge in [0.05, 0.1) is 5.56 Å². The highest BCUT2D eigenvalue weighted by Gasteiger charge is 2.26. The molecule has 0 aliphatic carbocycles. The summed E-state index contributed by atoms with van der Waals surface area (Å²) >= 11 is 0. The van der Waals surface area contributed by atoms with Gasteiger partial charge in [0.15, 0.2) is 0 Å². The molecule has 0 atom stereocenters. The Morgan fingerprint density at radius 3 is 2.58 bits per heavy atom. The van der Waals surface area contributed by atoms with Crippen molar-refractivity contribution < 1.29 is 9.18 Å². The summed E-state index contributed by atoms with van der Waals surface area (Å²) in [5, 5.41) is 0.436. The van der Waals surface area contributed by atoms with Crippen LogP contribution in [0.4, 0.5) is 4.39 Å². The highest BCUT2D eigenvalue weighted by Crippen LogP contribution is 2.29. The standard InChI is InChI=1S/C20H18FN3O2/c21-15-1-2-18-16(11-15)17(12-19(25)23-18)20(26)24-9-5-14(6-10-24)13-3-7-22-8-4-13/h1-4,7-8,11-12,14H,5-6,9-10H2,(H,23,25). The van der Waals surface area contributed by atoms with Crippen LogP contribution in [-0.2, 0) is 0 Å². The van der Waals surface area contributed by atoms with Crippen molar-refractivity contribution in [2.75, 3.05) is 13.1 Å². The van der Waals surface area contributed by atoms with Crippen LogP contribution in [0, 0.1) is 5.82 Å². The van der Waals surface area contributed by atoms with Crippen molar-refractivity contribution in [2.45, 2.75) is 18.8 Å². The van der Waals surface area contributed by atoms with Gasteiger partial charge in [-0.1, -0.05) is 0 Å². The molecule has 6 heteroatoms. The number of pyridine rings is 2. The minimum Gasteiger partial charge on any atom is -0.339 e. The summed E-state index contributed by atoms with van der Waals surface area (Å²) in [5.41, 5.74) is 1.59. The summed E-state index contributed by atoms with van der Waals surface area (Å²) < 4.78 is 13.6. The van der Waals surface area contributed by atoms with E-state index < -0.39 is 5.82 Å². The first kappa shape index (κ1) is 16.4. The lowest BCUT2D eigenvalue weighted by atomic mass is 9.90. The zero-order valence-electron chi connectivity index (χ0n) is 14.1. The average molecular weight is 351 g/mol. The van der Waals surface area contributed by atoms with Gasteiger partial charge in [0.2, 0.25) is 5.56 Å². The number of aromatic nitrogens is 2. The van der Waals surface area contributed by atoms with Crippen molar-refractivity contribution in [2.24, 2.45) is 0 Å². The number of nitrogens with zero attached hydrogens (tertiary/aromatic N) is 2. The van der Waals surface area contributed by atoms with Crippen molar-refractivity contribution in [1.82, 2.24) is 14.9 Å². The first-order valence-corrected chi connectivity index (χ1v) is 8.63. The van der Waals surface area contributed by atoms with Crippen LogP contribution in [-0.4, -0.2) is 33.9 Å². The first-order valence-electron chi connectivity index (χ1n) is 8.63. The number of amides is 1. The number of H-pyrrole nitrogens is 1. The SMILES string of the molecule is O=C(c1cc(=O)[nH]c2ccc(F)cc12)N1CCC(c2ccncc2)CC1. The molecule has 4 rings (SSSR count). The molecule has 3 aromatic rings. The second kappa shape index (κ2) is 6.71. The molecule has 1 aromatic carbocycles. The van der Waals surface area contributed by atoms with Crippen LogP contribution in [0.5, 0.6) is 0 Å². The predicted octanol–water partition coefficient (Wildman–Crippen LogP) is 3.08. The summed E-state index contributed by atoms with van der Waals surface area (Å²) in [6.07, 6.45) is 5.27. The number of carbonyl (C=O) groups is 1. The van der Waals surface area contributed by atoms with E-state index in [1.807, 2.05) is 12.1 Å². The topological polar surface area (TPSA) is 66.1 Å². The highest BCUT2D eigenvalue weighted by molar-refractivity contribution is 6.06. The van der Waals surface area contributed by atoms with Gasteiger partial charge in [-0.3, -0.25) is 14.6 Å². The Morgan fingerprint density at radius 1 is 1.12 bits per heavy atom. The molecular formula is C20H18FN3O2. The molecule has 1 amide bonds. The highest BCUT2D eigenvalue weighted by atomic mass is 19.1. The summed E-state index contributed by atoms with van der Waals surface area (Å²) in [6.45, 7) is 1.21. The molecule has 26 heavy (non-hydrogen) atoms. The van der Waals surface area contributed by atoms with Crippen molar-refractivity contribution in [3.05, 3.63) is 76.1 Å². The minimum absolute atomic E-state index is 0.222. The van der Waals surface area contributed by atoms with Gasteiger partial charge < -0.3 is 9.88 Å². The second-order valence-electron chi connectivity index (χ2n) is 6.58. The molecule has 0 unspecified atom stereocenters. The van der Waals surface area contributed by atoms with Crippen LogP contribution in [0.1, 0.15) is 34.7 Å². The zero-order valence-corrected chi connectivity index (χ0v) is 14.1. The van der Waals surface area contributed by atoms with E-state index in [4.69, 9.17) is 0 Å². The molecule has 5 nitrogen and oxygen atoms in total. The van der Waals surface area contributed by atoms with Crippen LogP contribution in [0.2, 0.25) is 0 Å². The number of likely N-dealkylation sites (tertiary alicyclic amines) is 1. The Morgan fingerprint density at radius 2 is 1.85 bits per heavy atom. The van der Waals surface area contributed by atoms with E-state index in [-0.39, 0.29) is 17.0 Å². The number of nitrogens with one attached hydrogen (secondary N) is 1. The van der Waals surface area contributed by atoms with E-state index >= 15 is 0 Å². The van der Waals surface area contributed by atoms with E-state index in [0.29, 0.717) is 29.9 Å². The third kappa shape index (κ3) is 3.10. The Balaban J connectivity index is 1.58. The van der Waals surface area contributed by atoms with Crippen LogP contribution in [0.15, 0.2) is 53.6 Å². The van der Waals surface area contributed by atoms with Gasteiger partial charge in [-0.15, -0.1) is 0 Å². The number of hydrogen-bond donors (Lipinski definition) is 1. The molecular weight excluding hydrogens is 333 g/mol. The Kier molecular flexibility index (Phi) is 4.24. The van der Waals surface area contributed by atoms with Crippen molar-refractivity contribution in [3.8, 4) is 0 Å². The maximum Gasteiger partial charge on any atom is 0.254 e. The van der Waals surface area contributed by atoms with Gasteiger partial charge in [-0.05, 0) is 54.7 Å². The fraction of sp³-hybridized carbons (Fsp3) is 0.250. The maximum atomic E-state index is 13.6. The van der Waals surface area contributed by atoms with Crippen LogP contribution >= 0.6 is 0 Å². The number of aromatic amines is 1. The van der Waals surface area contributed by atoms with E-state index in [0.717, 1.165) is 12.8 Å². The number of piperidine rings is 1. The lowest BCUT2D eigenvalue weighted by Crippen LogP contribution is -2.38. The molecule has 3 heterocycles. The summed E-state index contributed by atoms with van der Waals surface area (Å²) in [4.78, 5) is 33.3. The maximum absolute atomic E-state index is 13.6. The fourth-order valence-corrected chi connectivity index (χ4v) is 3.62. The molecule has 0 spiro atoms. The van der Waals surface area contributed by atoms with E-state index in [9.17, 15) is 14.0 Å². The third-order valence-electron chi connectivity index (χ3n) is 5.00. The first-order chi connectivity index (χ1) is 12.6.